The minimum absolute atomic E-state index is 0.0418. The van der Waals surface area contributed by atoms with Crippen LogP contribution in [-0.4, -0.2) is 60.0 Å². The van der Waals surface area contributed by atoms with Gasteiger partial charge in [-0.05, 0) is 37.6 Å². The molecule has 1 amide bonds. The lowest BCUT2D eigenvalue weighted by molar-refractivity contribution is 0.0953. The van der Waals surface area contributed by atoms with Gasteiger partial charge in [0.05, 0.1) is 6.20 Å². The summed E-state index contributed by atoms with van der Waals surface area (Å²) in [7, 11) is 0. The molecule has 0 saturated carbocycles. The molecular weight excluding hydrogens is 340 g/mol. The van der Waals surface area contributed by atoms with Crippen LogP contribution in [0.25, 0.3) is 0 Å². The molecule has 27 heavy (non-hydrogen) atoms. The van der Waals surface area contributed by atoms with Crippen LogP contribution in [0.1, 0.15) is 29.6 Å². The number of carbonyl (C=O) groups is 1. The van der Waals surface area contributed by atoms with Gasteiger partial charge in [-0.3, -0.25) is 9.78 Å². The summed E-state index contributed by atoms with van der Waals surface area (Å²) < 4.78 is 0. The molecule has 1 aromatic carbocycles. The average molecular weight is 368 g/mol. The lowest BCUT2D eigenvalue weighted by Crippen LogP contribution is -2.43. The zero-order valence-corrected chi connectivity index (χ0v) is 15.7. The summed E-state index contributed by atoms with van der Waals surface area (Å²) in [5.74, 6) is 0.611. The highest BCUT2D eigenvalue weighted by Gasteiger charge is 2.09. The van der Waals surface area contributed by atoms with E-state index in [0.29, 0.717) is 17.9 Å². The third kappa shape index (κ3) is 6.62. The highest BCUT2D eigenvalue weighted by Crippen LogP contribution is 2.15. The number of unbranched alkanes of at least 4 members (excludes halogenated alkanes) is 2. The van der Waals surface area contributed by atoms with Crippen LogP contribution < -0.4 is 16.0 Å². The van der Waals surface area contributed by atoms with Crippen LogP contribution in [0.2, 0.25) is 0 Å². The zero-order chi connectivity index (χ0) is 18.7. The van der Waals surface area contributed by atoms with Crippen molar-refractivity contribution in [3.8, 4) is 0 Å². The van der Waals surface area contributed by atoms with Gasteiger partial charge in [0.2, 0.25) is 0 Å². The predicted molar refractivity (Wildman–Crippen MR) is 107 cm³/mol. The molecule has 7 heteroatoms. The third-order valence-electron chi connectivity index (χ3n) is 4.61. The number of nitrogens with one attached hydrogen (secondary N) is 3. The maximum Gasteiger partial charge on any atom is 0.251 e. The van der Waals surface area contributed by atoms with Gasteiger partial charge in [-0.25, -0.2) is 4.98 Å². The molecule has 7 nitrogen and oxygen atoms in total. The van der Waals surface area contributed by atoms with E-state index in [4.69, 9.17) is 0 Å². The van der Waals surface area contributed by atoms with Crippen LogP contribution in [0.15, 0.2) is 42.9 Å². The Bertz CT molecular complexity index is 703. The summed E-state index contributed by atoms with van der Waals surface area (Å²) >= 11 is 0. The second kappa shape index (κ2) is 10.6. The van der Waals surface area contributed by atoms with Gasteiger partial charge in [-0.1, -0.05) is 12.5 Å². The smallest absolute Gasteiger partial charge is 0.251 e. The van der Waals surface area contributed by atoms with E-state index >= 15 is 0 Å². The summed E-state index contributed by atoms with van der Waals surface area (Å²) in [6.45, 7) is 6.36. The van der Waals surface area contributed by atoms with E-state index in [1.165, 1.54) is 6.42 Å². The molecule has 1 saturated heterocycles. The van der Waals surface area contributed by atoms with Gasteiger partial charge in [0.15, 0.2) is 0 Å². The quantitative estimate of drug-likeness (QED) is 0.588. The Morgan fingerprint density at radius 2 is 2.04 bits per heavy atom. The van der Waals surface area contributed by atoms with Gasteiger partial charge in [-0.15, -0.1) is 0 Å². The summed E-state index contributed by atoms with van der Waals surface area (Å²) in [4.78, 5) is 23.1. The number of aromatic nitrogens is 2. The summed E-state index contributed by atoms with van der Waals surface area (Å²) in [6.07, 6.45) is 8.23. The third-order valence-corrected chi connectivity index (χ3v) is 4.61. The van der Waals surface area contributed by atoms with Crippen molar-refractivity contribution >= 4 is 17.4 Å². The first-order chi connectivity index (χ1) is 13.3. The zero-order valence-electron chi connectivity index (χ0n) is 15.7. The Morgan fingerprint density at radius 3 is 2.85 bits per heavy atom. The van der Waals surface area contributed by atoms with E-state index in [9.17, 15) is 4.79 Å². The van der Waals surface area contributed by atoms with Crippen molar-refractivity contribution < 1.29 is 4.79 Å². The van der Waals surface area contributed by atoms with Gasteiger partial charge in [0.1, 0.15) is 5.82 Å². The van der Waals surface area contributed by atoms with Crippen LogP contribution in [0.5, 0.6) is 0 Å². The molecule has 0 aliphatic carbocycles. The van der Waals surface area contributed by atoms with Gasteiger partial charge < -0.3 is 20.9 Å². The van der Waals surface area contributed by atoms with Gasteiger partial charge in [0.25, 0.3) is 5.91 Å². The first kappa shape index (κ1) is 19.3. The molecule has 2 heterocycles. The fraction of sp³-hybridized carbons (Fsp3) is 0.450. The second-order valence-electron chi connectivity index (χ2n) is 6.70. The Hall–Kier alpha value is -2.51. The molecule has 0 radical (unpaired) electrons. The predicted octanol–water partition coefficient (Wildman–Crippen LogP) is 2.03. The molecule has 0 spiro atoms. The van der Waals surface area contributed by atoms with Gasteiger partial charge in [0, 0.05) is 56.4 Å². The van der Waals surface area contributed by atoms with Crippen LogP contribution in [0.3, 0.4) is 0 Å². The number of nitrogens with zero attached hydrogens (tertiary/aromatic N) is 3. The number of benzene rings is 1. The van der Waals surface area contributed by atoms with Crippen molar-refractivity contribution in [1.29, 1.82) is 0 Å². The normalized spacial score (nSPS) is 14.7. The van der Waals surface area contributed by atoms with Gasteiger partial charge in [-0.2, -0.15) is 0 Å². The number of anilines is 2. The Labute approximate surface area is 160 Å². The molecule has 1 aliphatic heterocycles. The lowest BCUT2D eigenvalue weighted by Gasteiger charge is -2.27. The fourth-order valence-corrected chi connectivity index (χ4v) is 3.13. The average Bonchev–Trinajstić information content (AvgIpc) is 2.72. The van der Waals surface area contributed by atoms with Crippen molar-refractivity contribution in [3.63, 3.8) is 0 Å². The fourth-order valence-electron chi connectivity index (χ4n) is 3.13. The van der Waals surface area contributed by atoms with Crippen LogP contribution in [0.4, 0.5) is 11.5 Å². The minimum atomic E-state index is -0.0418. The van der Waals surface area contributed by atoms with Gasteiger partial charge >= 0.3 is 0 Å². The standard InChI is InChI=1S/C20H28N6O/c27-20(24-7-2-1-3-12-26-13-10-21-11-14-26)17-5-4-6-18(15-17)25-19-16-22-8-9-23-19/h4-6,8-9,15-16,21H,1-3,7,10-14H2,(H,23,25)(H,24,27). The second-order valence-corrected chi connectivity index (χ2v) is 6.70. The maximum absolute atomic E-state index is 12.3. The first-order valence-electron chi connectivity index (χ1n) is 9.66. The van der Waals surface area contributed by atoms with E-state index in [0.717, 1.165) is 51.3 Å². The number of amides is 1. The first-order valence-corrected chi connectivity index (χ1v) is 9.66. The number of rotatable bonds is 9. The van der Waals surface area contributed by atoms with Crippen molar-refractivity contribution in [1.82, 2.24) is 25.5 Å². The molecule has 0 bridgehead atoms. The summed E-state index contributed by atoms with van der Waals surface area (Å²) in [5.41, 5.74) is 1.46. The minimum Gasteiger partial charge on any atom is -0.352 e. The summed E-state index contributed by atoms with van der Waals surface area (Å²) in [6, 6.07) is 7.42. The van der Waals surface area contributed by atoms with Crippen LogP contribution in [-0.2, 0) is 0 Å². The molecule has 3 rings (SSSR count). The molecule has 1 aromatic heterocycles. The Balaban J connectivity index is 1.36. The molecule has 1 fully saturated rings. The SMILES string of the molecule is O=C(NCCCCCN1CCNCC1)c1cccc(Nc2cnccn2)c1. The van der Waals surface area contributed by atoms with E-state index in [1.54, 1.807) is 18.6 Å². The summed E-state index contributed by atoms with van der Waals surface area (Å²) in [5, 5.41) is 9.53. The Morgan fingerprint density at radius 1 is 1.15 bits per heavy atom. The molecule has 0 unspecified atom stereocenters. The monoisotopic (exact) mass is 368 g/mol. The van der Waals surface area contributed by atoms with Crippen molar-refractivity contribution in [2.75, 3.05) is 44.6 Å². The lowest BCUT2D eigenvalue weighted by atomic mass is 10.1. The topological polar surface area (TPSA) is 82.2 Å². The van der Waals surface area contributed by atoms with E-state index in [-0.39, 0.29) is 5.91 Å². The number of carbonyl (C=O) groups excluding carboxylic acids is 1. The molecule has 2 aromatic rings. The highest BCUT2D eigenvalue weighted by atomic mass is 16.1. The maximum atomic E-state index is 12.3. The van der Waals surface area contributed by atoms with Crippen LogP contribution in [0, 0.1) is 0 Å². The molecule has 144 valence electrons. The largest absolute Gasteiger partial charge is 0.352 e. The van der Waals surface area contributed by atoms with E-state index in [2.05, 4.69) is 30.8 Å². The van der Waals surface area contributed by atoms with E-state index < -0.39 is 0 Å². The molecule has 0 atom stereocenters. The van der Waals surface area contributed by atoms with E-state index in [1.807, 2.05) is 24.3 Å². The number of hydrogen-bond donors (Lipinski definition) is 3. The molecule has 3 N–H and O–H groups in total. The molecule has 1 aliphatic rings. The number of piperazine rings is 1. The van der Waals surface area contributed by atoms with Crippen molar-refractivity contribution in [2.24, 2.45) is 0 Å². The van der Waals surface area contributed by atoms with Crippen LogP contribution >= 0.6 is 0 Å². The van der Waals surface area contributed by atoms with Crippen molar-refractivity contribution in [2.45, 2.75) is 19.3 Å². The number of hydrogen-bond acceptors (Lipinski definition) is 6. The molecular formula is C20H28N6O. The highest BCUT2D eigenvalue weighted by molar-refractivity contribution is 5.95. The Kier molecular flexibility index (Phi) is 7.56. The van der Waals surface area contributed by atoms with Crippen molar-refractivity contribution in [3.05, 3.63) is 48.4 Å².